The normalized spacial score (nSPS) is 15.2. The van der Waals surface area contributed by atoms with Crippen molar-refractivity contribution in [2.45, 2.75) is 0 Å². The average Bonchev–Trinajstić information content (AvgIpc) is 3.47. The van der Waals surface area contributed by atoms with Crippen LogP contribution in [0.1, 0.15) is 0 Å². The molecule has 0 saturated heterocycles. The van der Waals surface area contributed by atoms with Gasteiger partial charge in [0.25, 0.3) is 0 Å². The molecule has 4 rings (SSSR count). The number of halogens is 3. The summed E-state index contributed by atoms with van der Waals surface area (Å²) in [5, 5.41) is 0. The van der Waals surface area contributed by atoms with Crippen LogP contribution in [0.15, 0.2) is 39.9 Å². The van der Waals surface area contributed by atoms with Gasteiger partial charge in [0.2, 0.25) is 0 Å². The third kappa shape index (κ3) is 23.1. The van der Waals surface area contributed by atoms with Crippen LogP contribution < -0.4 is 0 Å². The summed E-state index contributed by atoms with van der Waals surface area (Å²) in [5.74, 6) is 0. The third-order valence-corrected chi connectivity index (χ3v) is 1.76. The van der Waals surface area contributed by atoms with E-state index in [4.69, 9.17) is 19.3 Å². The zero-order chi connectivity index (χ0) is 16.8. The van der Waals surface area contributed by atoms with Gasteiger partial charge < -0.3 is 0 Å². The molecule has 24 heavy (non-hydrogen) atoms. The Morgan fingerprint density at radius 3 is 0.792 bits per heavy atom. The van der Waals surface area contributed by atoms with E-state index in [2.05, 4.69) is 39.9 Å². The molecule has 130 valence electrons. The topological polar surface area (TPSA) is 98.9 Å². The van der Waals surface area contributed by atoms with Gasteiger partial charge in [-0.1, -0.05) is 0 Å². The Morgan fingerprint density at radius 2 is 0.750 bits per heavy atom. The second kappa shape index (κ2) is 24.1. The van der Waals surface area contributed by atoms with E-state index in [1.165, 1.54) is 0 Å². The molecule has 0 aromatic carbocycles. The third-order valence-electron chi connectivity index (χ3n) is 1.76. The monoisotopic (exact) mass is 448 g/mol. The summed E-state index contributed by atoms with van der Waals surface area (Å²) in [6, 6.07) is 0. The van der Waals surface area contributed by atoms with Crippen molar-refractivity contribution in [3.63, 3.8) is 0 Å². The van der Waals surface area contributed by atoms with E-state index in [1.54, 1.807) is 50.2 Å². The molecule has 0 aromatic rings. The molecule has 0 unspecified atom stereocenters. The van der Waals surface area contributed by atoms with Gasteiger partial charge in [-0.2, -0.15) is 0 Å². The van der Waals surface area contributed by atoms with Crippen LogP contribution in [0, 0.1) is 0 Å². The Morgan fingerprint density at radius 1 is 0.542 bits per heavy atom. The Bertz CT molecular complexity index is 373. The average molecular weight is 450 g/mol. The first-order valence-corrected chi connectivity index (χ1v) is 14.3. The van der Waals surface area contributed by atoms with Crippen molar-refractivity contribution < 1.29 is 0 Å². The first-order chi connectivity index (χ1) is 11.4. The van der Waals surface area contributed by atoms with Crippen LogP contribution in [-0.2, 0) is 0 Å². The van der Waals surface area contributed by atoms with Crippen molar-refractivity contribution in [2.75, 3.05) is 26.2 Å². The molecule has 0 saturated carbocycles. The van der Waals surface area contributed by atoms with Crippen LogP contribution in [0.25, 0.3) is 0 Å². The minimum atomic E-state index is -0.931. The number of rotatable bonds is 0. The fraction of sp³-hybridized carbons (Fsp3) is 0.333. The summed E-state index contributed by atoms with van der Waals surface area (Å²) in [4.78, 5) is 29.6. The first kappa shape index (κ1) is 25.1. The summed E-state index contributed by atoms with van der Waals surface area (Å²) in [7, 11) is 9.90. The Hall–Kier alpha value is -1.13. The van der Waals surface area contributed by atoms with E-state index in [0.717, 1.165) is 26.2 Å². The summed E-state index contributed by atoms with van der Waals surface area (Å²) < 4.78 is 0. The number of nitrogens with zero attached hydrogens (tertiary/aromatic N) is 8. The molecule has 0 aromatic heterocycles. The van der Waals surface area contributed by atoms with Crippen molar-refractivity contribution in [1.82, 2.24) is 0 Å². The summed E-state index contributed by atoms with van der Waals surface area (Å²) in [5.41, 5.74) is 0. The molecule has 8 nitrogen and oxygen atoms in total. The van der Waals surface area contributed by atoms with Gasteiger partial charge in [0, 0.05) is 24.9 Å². The molecule has 0 fully saturated rings. The quantitative estimate of drug-likeness (QED) is 0.501. The van der Waals surface area contributed by atoms with Gasteiger partial charge in [0.15, 0.2) is 0 Å². The Labute approximate surface area is 163 Å². The maximum atomic E-state index is 4.95. The van der Waals surface area contributed by atoms with Crippen LogP contribution in [-0.4, -0.2) is 91.8 Å². The number of hydrogen-bond donors (Lipinski definition) is 0. The molecule has 0 atom stereocenters. The Kier molecular flexibility index (Phi) is 25.2. The predicted octanol–water partition coefficient (Wildman–Crippen LogP) is 1.55. The van der Waals surface area contributed by atoms with E-state index in [1.807, 2.05) is 0 Å². The van der Waals surface area contributed by atoms with E-state index in [9.17, 15) is 0 Å². The summed E-state index contributed by atoms with van der Waals surface area (Å²) in [6.07, 6.45) is 13.3. The van der Waals surface area contributed by atoms with Crippen molar-refractivity contribution in [3.8, 4) is 0 Å². The molecule has 4 aliphatic rings. The van der Waals surface area contributed by atoms with Crippen LogP contribution >= 0.6 is 31.7 Å². The van der Waals surface area contributed by atoms with Crippen molar-refractivity contribution in [3.05, 3.63) is 0 Å². The predicted molar refractivity (Wildman–Crippen MR) is 114 cm³/mol. The van der Waals surface area contributed by atoms with Gasteiger partial charge in [0.05, 0.1) is 26.2 Å². The van der Waals surface area contributed by atoms with E-state index >= 15 is 0 Å². The molecule has 0 aliphatic carbocycles. The van der Waals surface area contributed by atoms with E-state index in [0.29, 0.717) is 0 Å². The Balaban J connectivity index is 0. The van der Waals surface area contributed by atoms with Gasteiger partial charge in [-0.25, -0.2) is 20.0 Å². The number of aliphatic imine (C=N–C) groups is 8. The van der Waals surface area contributed by atoms with Crippen molar-refractivity contribution in [2.24, 2.45) is 39.9 Å². The van der Waals surface area contributed by atoms with Gasteiger partial charge in [-0.3, -0.25) is 20.0 Å². The molecular formula is C12H18Cl3GaN8. The molecule has 0 amide bonds. The second-order valence-electron chi connectivity index (χ2n) is 3.35. The molecule has 12 heteroatoms. The van der Waals surface area contributed by atoms with Gasteiger partial charge in [0.1, 0.15) is 25.4 Å². The summed E-state index contributed by atoms with van der Waals surface area (Å²) >= 11 is -0.931. The van der Waals surface area contributed by atoms with Crippen molar-refractivity contribution in [1.29, 1.82) is 0 Å². The standard InChI is InChI=1S/4C3H4N2.3ClH.Ga.H/c4*1-2-5-3-4-1;;;;;/h4*1,3H,2H2;3*1H;;/q;;;;;;;+2;/p-2. The van der Waals surface area contributed by atoms with E-state index < -0.39 is 15.4 Å². The fourth-order valence-electron chi connectivity index (χ4n) is 0.943. The molecule has 4 aliphatic heterocycles. The fourth-order valence-corrected chi connectivity index (χ4v) is 0.943. The van der Waals surface area contributed by atoms with Crippen LogP contribution in [0.2, 0.25) is 0 Å². The zero-order valence-corrected chi connectivity index (χ0v) is 18.2. The van der Waals surface area contributed by atoms with Gasteiger partial charge >= 0.3 is 34.7 Å². The van der Waals surface area contributed by atoms with Crippen LogP contribution in [0.4, 0.5) is 0 Å². The molecule has 4 heterocycles. The first-order valence-electron chi connectivity index (χ1n) is 6.53. The van der Waals surface area contributed by atoms with Crippen LogP contribution in [0.5, 0.6) is 0 Å². The molecule has 0 bridgehead atoms. The molecule has 0 spiro atoms. The molecular weight excluding hydrogens is 432 g/mol. The maximum absolute atomic E-state index is 4.95. The second-order valence-corrected chi connectivity index (χ2v) is 7.97. The summed E-state index contributed by atoms with van der Waals surface area (Å²) in [6.45, 7) is 3.11. The number of hydrogen-bond acceptors (Lipinski definition) is 8. The van der Waals surface area contributed by atoms with E-state index in [-0.39, 0.29) is 12.4 Å². The molecule has 0 N–H and O–H groups in total. The van der Waals surface area contributed by atoms with Crippen LogP contribution in [0.3, 0.4) is 0 Å². The minimum absolute atomic E-state index is 0. The van der Waals surface area contributed by atoms with Crippen molar-refractivity contribution >= 4 is 97.3 Å². The van der Waals surface area contributed by atoms with Gasteiger partial charge in [-0.05, 0) is 0 Å². The SMILES string of the molecule is C1=NC=NC1.C1=NC=NC1.C1=NC=NC1.C1=NC=NC1.Cl.[Cl][GaH][Cl]. The van der Waals surface area contributed by atoms with Gasteiger partial charge in [-0.15, -0.1) is 12.4 Å². The zero-order valence-electron chi connectivity index (χ0n) is 12.9. The molecule has 0 radical (unpaired) electrons.